The maximum atomic E-state index is 13.8. The molecule has 748 valence electrons. The third kappa shape index (κ3) is 33.4. The number of unbranched alkanes of at least 4 members (excludes halogenated alkanes) is 4. The van der Waals surface area contributed by atoms with Crippen LogP contribution in [0.3, 0.4) is 0 Å². The van der Waals surface area contributed by atoms with Crippen LogP contribution in [-0.2, 0) is 95.3 Å². The van der Waals surface area contributed by atoms with Gasteiger partial charge in [-0.2, -0.15) is 86.9 Å². The van der Waals surface area contributed by atoms with E-state index in [0.717, 1.165) is 17.7 Å². The number of fused-ring (bicyclic) bond motifs is 2. The molecule has 1 aromatic heterocycles. The van der Waals surface area contributed by atoms with Crippen molar-refractivity contribution in [3.05, 3.63) is 137 Å². The third-order valence-electron chi connectivity index (χ3n) is 23.6. The fraction of sp³-hybridized carbons (Fsp3) is 0.500. The standard InChI is InChI=1S/C86H117N13O29S8/c1-58-53-65(26-29-75(58)97(41-17-51-131(111,112)113)60(3)20-13-19-59(2)87-39-16-50-130(108,109)110)82(102)88-38-11-7-9-24-80(100)89-66-34-45-95(46-35-66)85-91-84(94-43-32-64(33-44-94)83(103)104)92-86(93-85)96-47-36-67(37-48-96)90-81(101)25-10-8-12-40-98(76-30-27-71-73(62(76)5)54-69(133(117,118)119)56-78(71)135(123,124)125)61(4)21-14-22-68(23-15-49-129(105,106)107)99(42-18-52-132(114,115)116)77-31-28-72-74(63(77)6)55-70(134(120,121)122)57-79(72)136(126,127)128/h13-14,19-22,26-31,53-57,64,66-67H,7-12,15-18,23-25,32-52H2,1-6H3,(H11-,88,89,90,100,101,102,103,104,105,106,107,108,109,110,111,112,113,114,115,116,117,118,119,120,121,122,123,124,125,126,127,128)/p+1/b19-13+,60-20+,87-59?. The van der Waals surface area contributed by atoms with Crippen LogP contribution >= 0.6 is 0 Å². The van der Waals surface area contributed by atoms with E-state index >= 15 is 0 Å². The lowest BCUT2D eigenvalue weighted by Crippen LogP contribution is -2.46. The van der Waals surface area contributed by atoms with Gasteiger partial charge in [-0.15, -0.1) is 0 Å². The minimum absolute atomic E-state index is 0.0145. The molecule has 42 nitrogen and oxygen atoms in total. The molecule has 0 unspecified atom stereocenters. The number of aliphatic imine (C=N–C) groups is 1. The number of aliphatic carboxylic acids is 1. The number of carbonyl (C=O) groups is 4. The number of benzene rings is 5. The summed E-state index contributed by atoms with van der Waals surface area (Å²) in [5.41, 5.74) is 4.55. The molecule has 3 aliphatic heterocycles. The van der Waals surface area contributed by atoms with Gasteiger partial charge in [-0.25, -0.2) is 0 Å². The Kier molecular flexibility index (Phi) is 38.4. The molecular weight excluding hydrogens is 1940 g/mol. The summed E-state index contributed by atoms with van der Waals surface area (Å²) in [6, 6.07) is 13.3. The highest BCUT2D eigenvalue weighted by Gasteiger charge is 2.34. The molecule has 12 N–H and O–H groups in total. The molecule has 0 spiro atoms. The number of carbonyl (C=O) groups excluding carboxylic acids is 3. The summed E-state index contributed by atoms with van der Waals surface area (Å²) in [6.45, 7) is 13.2. The second kappa shape index (κ2) is 47.6. The highest BCUT2D eigenvalue weighted by Crippen LogP contribution is 2.39. The van der Waals surface area contributed by atoms with E-state index < -0.39 is 135 Å². The van der Waals surface area contributed by atoms with E-state index in [2.05, 4.69) is 20.9 Å². The summed E-state index contributed by atoms with van der Waals surface area (Å²) in [7, 11) is -38.1. The van der Waals surface area contributed by atoms with E-state index in [-0.39, 0.29) is 145 Å². The molecule has 5 aromatic carbocycles. The van der Waals surface area contributed by atoms with Crippen molar-refractivity contribution in [1.29, 1.82) is 0 Å². The topological polar surface area (TPSA) is 630 Å². The molecule has 3 fully saturated rings. The number of aryl methyl sites for hydroxylation is 3. The Morgan fingerprint density at radius 1 is 0.463 bits per heavy atom. The molecule has 4 heterocycles. The number of rotatable bonds is 48. The van der Waals surface area contributed by atoms with Crippen molar-refractivity contribution in [2.45, 2.75) is 195 Å². The van der Waals surface area contributed by atoms with Gasteiger partial charge < -0.3 is 45.6 Å². The van der Waals surface area contributed by atoms with Crippen LogP contribution in [0.1, 0.15) is 170 Å². The Morgan fingerprint density at radius 3 is 1.38 bits per heavy atom. The predicted octanol–water partition coefficient (Wildman–Crippen LogP) is 9.09. The number of hydrogen-bond donors (Lipinski definition) is 12. The molecule has 0 aliphatic carbocycles. The lowest BCUT2D eigenvalue weighted by molar-refractivity contribution is -0.441. The number of hydrogen-bond acceptors (Lipinski definition) is 29. The van der Waals surface area contributed by atoms with Gasteiger partial charge in [-0.1, -0.05) is 31.1 Å². The summed E-state index contributed by atoms with van der Waals surface area (Å²) in [6.07, 6.45) is 15.5. The first-order chi connectivity index (χ1) is 63.5. The van der Waals surface area contributed by atoms with Crippen molar-refractivity contribution < 1.29 is 133 Å². The Balaban J connectivity index is 0.827. The Hall–Kier alpha value is -9.91. The first-order valence-corrected chi connectivity index (χ1v) is 56.2. The monoisotopic (exact) mass is 2050 g/mol. The van der Waals surface area contributed by atoms with Crippen molar-refractivity contribution >= 4 is 173 Å². The quantitative estimate of drug-likeness (QED) is 0.00556. The molecule has 0 bridgehead atoms. The number of piperidine rings is 3. The molecular formula is C86H118N13O29S8+. The number of carboxylic acids is 1. The van der Waals surface area contributed by atoms with Gasteiger partial charge in [0.15, 0.2) is 5.71 Å². The van der Waals surface area contributed by atoms with Crippen LogP contribution < -0.4 is 40.4 Å². The maximum absolute atomic E-state index is 13.8. The van der Waals surface area contributed by atoms with Crippen LogP contribution in [-0.4, -0.2) is 271 Å². The normalized spacial score (nSPS) is 15.8. The smallest absolute Gasteiger partial charge is 0.306 e. The van der Waals surface area contributed by atoms with Gasteiger partial charge in [0.2, 0.25) is 35.3 Å². The van der Waals surface area contributed by atoms with Crippen molar-refractivity contribution in [2.24, 2.45) is 10.9 Å². The largest absolute Gasteiger partial charge is 0.481 e. The van der Waals surface area contributed by atoms with Crippen molar-refractivity contribution in [3.8, 4) is 0 Å². The zero-order chi connectivity index (χ0) is 100. The minimum Gasteiger partial charge on any atom is -0.481 e. The van der Waals surface area contributed by atoms with Crippen molar-refractivity contribution in [3.63, 3.8) is 0 Å². The van der Waals surface area contributed by atoms with Crippen molar-refractivity contribution in [2.75, 3.05) is 120 Å². The van der Waals surface area contributed by atoms with Crippen LogP contribution in [0.15, 0.2) is 139 Å². The Morgan fingerprint density at radius 2 is 0.897 bits per heavy atom. The highest BCUT2D eigenvalue weighted by molar-refractivity contribution is 7.88. The van der Waals surface area contributed by atoms with E-state index in [0.29, 0.717) is 187 Å². The molecule has 0 atom stereocenters. The summed E-state index contributed by atoms with van der Waals surface area (Å²) in [4.78, 5) is 77.9. The fourth-order valence-electron chi connectivity index (χ4n) is 16.5. The van der Waals surface area contributed by atoms with Crippen LogP contribution in [0.4, 0.5) is 34.9 Å². The van der Waals surface area contributed by atoms with Crippen LogP contribution in [0.2, 0.25) is 0 Å². The van der Waals surface area contributed by atoms with E-state index in [1.807, 2.05) is 33.4 Å². The zero-order valence-electron chi connectivity index (χ0n) is 76.0. The van der Waals surface area contributed by atoms with Gasteiger partial charge in [0, 0.05) is 166 Å². The van der Waals surface area contributed by atoms with Gasteiger partial charge in [0.25, 0.3) is 86.9 Å². The molecule has 3 saturated heterocycles. The molecule has 9 rings (SSSR count). The molecule has 50 heteroatoms. The van der Waals surface area contributed by atoms with Crippen LogP contribution in [0, 0.1) is 26.7 Å². The number of nitrogens with one attached hydrogen (secondary N) is 3. The number of allylic oxidation sites excluding steroid dienone is 8. The SMILES string of the molecule is CC(/C=C/C=C(\C)N(CCCS(=O)(=O)O)c1ccc(C(=O)NCCCCCC(=O)NC2CCN(c3nc(N4CCC(NC(=O)CCCCCN(/C(C)=C/C=C/C(CCCS(=O)(=O)O)=[N+](CCCS(=O)(=O)O)c5ccc6c(S(=O)(=O)O)cc(S(=O)(=O)O)cc6c5C)c5ccc6c(S(=O)(=O)O)cc(S(=O)(=O)O)cc6c5C)CC4)nc(N4CCC(C(=O)O)CC4)n3)CC2)cc1C)=NCCCS(=O)(=O)O. The molecule has 136 heavy (non-hydrogen) atoms. The van der Waals surface area contributed by atoms with E-state index in [4.69, 9.17) is 19.5 Å². The van der Waals surface area contributed by atoms with Crippen LogP contribution in [0.5, 0.6) is 0 Å². The molecule has 0 radical (unpaired) electrons. The summed E-state index contributed by atoms with van der Waals surface area (Å²) in [5.74, 6) is -3.35. The Labute approximate surface area is 793 Å². The summed E-state index contributed by atoms with van der Waals surface area (Å²) in [5, 5.41) is 18.6. The fourth-order valence-corrected chi connectivity index (χ4v) is 21.2. The van der Waals surface area contributed by atoms with Crippen LogP contribution in [0.25, 0.3) is 21.5 Å². The Bertz CT molecular complexity index is 6610. The van der Waals surface area contributed by atoms with Gasteiger partial charge in [-0.05, 0) is 220 Å². The van der Waals surface area contributed by atoms with Gasteiger partial charge >= 0.3 is 5.97 Å². The number of nitrogens with zero attached hydrogens (tertiary/aromatic N) is 10. The first kappa shape index (κ1) is 110. The molecule has 0 saturated carbocycles. The van der Waals surface area contributed by atoms with Gasteiger partial charge in [-0.3, -0.25) is 60.6 Å². The molecule has 3 aliphatic rings. The number of carboxylic acid groups (broad SMARTS) is 1. The second-order valence-corrected chi connectivity index (χ2v) is 45.7. The zero-order valence-corrected chi connectivity index (χ0v) is 82.5. The maximum Gasteiger partial charge on any atom is 0.306 e. The minimum atomic E-state index is -5.17. The van der Waals surface area contributed by atoms with Crippen molar-refractivity contribution in [1.82, 2.24) is 30.9 Å². The summed E-state index contributed by atoms with van der Waals surface area (Å²) >= 11 is 0. The average Bonchev–Trinajstić information content (AvgIpc) is 0.752. The number of aromatic nitrogens is 3. The number of amides is 3. The lowest BCUT2D eigenvalue weighted by atomic mass is 9.97. The molecule has 3 amide bonds. The lowest BCUT2D eigenvalue weighted by Gasteiger charge is -2.36. The van der Waals surface area contributed by atoms with E-state index in [9.17, 15) is 123 Å². The first-order valence-electron chi connectivity index (χ1n) is 44.0. The van der Waals surface area contributed by atoms with E-state index in [1.165, 1.54) is 54.8 Å². The highest BCUT2D eigenvalue weighted by atomic mass is 32.2. The number of anilines is 5. The third-order valence-corrected chi connectivity index (χ3v) is 30.3. The second-order valence-electron chi connectivity index (χ2n) is 33.8. The average molecular weight is 2050 g/mol. The molecule has 6 aromatic rings. The van der Waals surface area contributed by atoms with Gasteiger partial charge in [0.05, 0.1) is 38.7 Å². The predicted molar refractivity (Wildman–Crippen MR) is 513 cm³/mol. The van der Waals surface area contributed by atoms with E-state index in [1.54, 1.807) is 61.3 Å². The summed E-state index contributed by atoms with van der Waals surface area (Å²) < 4.78 is 276. The van der Waals surface area contributed by atoms with Gasteiger partial charge in [0.1, 0.15) is 16.3 Å².